The van der Waals surface area contributed by atoms with Crippen LogP contribution in [-0.2, 0) is 16.8 Å². The molecule has 0 aliphatic carbocycles. The predicted molar refractivity (Wildman–Crippen MR) is 99.8 cm³/mol. The number of nitrogens with one attached hydrogen (secondary N) is 2. The van der Waals surface area contributed by atoms with E-state index in [1.54, 1.807) is 6.08 Å². The van der Waals surface area contributed by atoms with Gasteiger partial charge in [-0.25, -0.2) is 0 Å². The first kappa shape index (κ1) is 14.5. The minimum atomic E-state index is -0.827. The zero-order chi connectivity index (χ0) is 17.0. The van der Waals surface area contributed by atoms with Crippen LogP contribution >= 0.6 is 0 Å². The van der Waals surface area contributed by atoms with E-state index >= 15 is 0 Å². The van der Waals surface area contributed by atoms with Crippen molar-refractivity contribution in [2.45, 2.75) is 12.0 Å². The van der Waals surface area contributed by atoms with Crippen LogP contribution in [0.2, 0.25) is 0 Å². The van der Waals surface area contributed by atoms with E-state index in [1.165, 1.54) is 10.9 Å². The van der Waals surface area contributed by atoms with Gasteiger partial charge in [-0.3, -0.25) is 10.1 Å². The van der Waals surface area contributed by atoms with Crippen LogP contribution in [0.1, 0.15) is 16.8 Å². The van der Waals surface area contributed by atoms with E-state index in [0.717, 1.165) is 35.4 Å². The smallest absolute Gasteiger partial charge is 0.258 e. The lowest BCUT2D eigenvalue weighted by molar-refractivity contribution is -0.123. The summed E-state index contributed by atoms with van der Waals surface area (Å²) in [4.78, 5) is 18.9. The number of carbonyl (C=O) groups excluding carboxylic acids is 1. The quantitative estimate of drug-likeness (QED) is 0.710. The third-order valence-corrected chi connectivity index (χ3v) is 5.43. The number of amides is 1. The molecule has 4 nitrogen and oxygen atoms in total. The van der Waals surface area contributed by atoms with Gasteiger partial charge in [0, 0.05) is 29.6 Å². The van der Waals surface area contributed by atoms with Gasteiger partial charge in [0.2, 0.25) is 0 Å². The monoisotopic (exact) mass is 329 g/mol. The highest BCUT2D eigenvalue weighted by atomic mass is 16.2. The van der Waals surface area contributed by atoms with Gasteiger partial charge in [-0.15, -0.1) is 6.58 Å². The Morgan fingerprint density at radius 2 is 1.96 bits per heavy atom. The number of H-pyrrole nitrogens is 1. The van der Waals surface area contributed by atoms with E-state index in [0.29, 0.717) is 6.54 Å². The second-order valence-corrected chi connectivity index (χ2v) is 6.67. The van der Waals surface area contributed by atoms with Crippen molar-refractivity contribution in [3.05, 3.63) is 78.0 Å². The molecule has 0 unspecified atom stereocenters. The molecule has 4 heteroatoms. The minimum Gasteiger partial charge on any atom is -0.356 e. The number of hydrogen-bond donors (Lipinski definition) is 2. The molecular formula is C21H19N3O. The second kappa shape index (κ2) is 5.07. The predicted octanol–water partition coefficient (Wildman–Crippen LogP) is 3.09. The molecule has 3 aromatic rings. The number of anilines is 1. The van der Waals surface area contributed by atoms with Crippen LogP contribution in [0.4, 0.5) is 5.69 Å². The number of rotatable bonds is 2. The molecule has 1 atom stereocenters. The van der Waals surface area contributed by atoms with Crippen LogP contribution < -0.4 is 10.2 Å². The maximum absolute atomic E-state index is 13.6. The van der Waals surface area contributed by atoms with E-state index < -0.39 is 5.54 Å². The standard InChI is InChI=1S/C21H19N3O/c1-2-13-24-18-10-6-4-8-16(18)21(20(24)25)19-15(11-12-22-21)14-7-3-5-9-17(14)23-19/h2-10,22-23H,1,11-13H2/t21-/m0/s1. The molecule has 0 fully saturated rings. The summed E-state index contributed by atoms with van der Waals surface area (Å²) in [6, 6.07) is 16.4. The fourth-order valence-corrected chi connectivity index (χ4v) is 4.42. The number of hydrogen-bond acceptors (Lipinski definition) is 2. The molecule has 1 aromatic heterocycles. The van der Waals surface area contributed by atoms with Crippen LogP contribution in [0.25, 0.3) is 10.9 Å². The molecule has 124 valence electrons. The number of carbonyl (C=O) groups is 1. The highest BCUT2D eigenvalue weighted by molar-refractivity contribution is 6.11. The summed E-state index contributed by atoms with van der Waals surface area (Å²) in [6.07, 6.45) is 2.70. The van der Waals surface area contributed by atoms with Crippen molar-refractivity contribution in [2.75, 3.05) is 18.0 Å². The van der Waals surface area contributed by atoms with E-state index in [2.05, 4.69) is 41.1 Å². The van der Waals surface area contributed by atoms with Gasteiger partial charge in [-0.2, -0.15) is 0 Å². The molecule has 2 N–H and O–H groups in total. The Bertz CT molecular complexity index is 1020. The van der Waals surface area contributed by atoms with E-state index in [-0.39, 0.29) is 5.91 Å². The number of fused-ring (bicyclic) bond motifs is 6. The zero-order valence-electron chi connectivity index (χ0n) is 13.9. The van der Waals surface area contributed by atoms with Crippen molar-refractivity contribution in [3.63, 3.8) is 0 Å². The van der Waals surface area contributed by atoms with Gasteiger partial charge in [0.05, 0.1) is 11.4 Å². The van der Waals surface area contributed by atoms with Gasteiger partial charge in [-0.05, 0) is 24.1 Å². The third-order valence-electron chi connectivity index (χ3n) is 5.43. The molecule has 2 aliphatic heterocycles. The molecular weight excluding hydrogens is 310 g/mol. The lowest BCUT2D eigenvalue weighted by Gasteiger charge is -2.34. The number of para-hydroxylation sites is 2. The zero-order valence-corrected chi connectivity index (χ0v) is 13.9. The first-order valence-electron chi connectivity index (χ1n) is 8.65. The Balaban J connectivity index is 1.83. The normalized spacial score (nSPS) is 21.6. The molecule has 2 aromatic carbocycles. The van der Waals surface area contributed by atoms with Crippen LogP contribution in [0.15, 0.2) is 61.2 Å². The van der Waals surface area contributed by atoms with Gasteiger partial charge in [-0.1, -0.05) is 42.5 Å². The number of aromatic nitrogens is 1. The molecule has 5 rings (SSSR count). The largest absolute Gasteiger partial charge is 0.356 e. The summed E-state index contributed by atoms with van der Waals surface area (Å²) in [7, 11) is 0. The summed E-state index contributed by atoms with van der Waals surface area (Å²) < 4.78 is 0. The Morgan fingerprint density at radius 1 is 1.16 bits per heavy atom. The number of benzene rings is 2. The fraction of sp³-hybridized carbons (Fsp3) is 0.190. The number of aromatic amines is 1. The van der Waals surface area contributed by atoms with Crippen molar-refractivity contribution in [1.29, 1.82) is 0 Å². The molecule has 0 radical (unpaired) electrons. The van der Waals surface area contributed by atoms with Crippen LogP contribution in [0.5, 0.6) is 0 Å². The third kappa shape index (κ3) is 1.72. The van der Waals surface area contributed by atoms with Gasteiger partial charge in [0.15, 0.2) is 5.54 Å². The fourth-order valence-electron chi connectivity index (χ4n) is 4.42. The molecule has 1 amide bonds. The lowest BCUT2D eigenvalue weighted by Crippen LogP contribution is -2.55. The van der Waals surface area contributed by atoms with E-state index in [9.17, 15) is 4.79 Å². The maximum atomic E-state index is 13.6. The summed E-state index contributed by atoms with van der Waals surface area (Å²) in [5.74, 6) is 0.0705. The molecule has 1 spiro atoms. The van der Waals surface area contributed by atoms with Crippen LogP contribution in [0.3, 0.4) is 0 Å². The molecule has 0 saturated heterocycles. The van der Waals surface area contributed by atoms with Gasteiger partial charge >= 0.3 is 0 Å². The molecule has 25 heavy (non-hydrogen) atoms. The maximum Gasteiger partial charge on any atom is 0.258 e. The van der Waals surface area contributed by atoms with E-state index in [4.69, 9.17) is 0 Å². The SMILES string of the molecule is C=CCN1C(=O)[C@]2(NCCc3c2[nH]c2ccccc32)c2ccccc21. The first-order valence-corrected chi connectivity index (χ1v) is 8.65. The first-order chi connectivity index (χ1) is 12.3. The lowest BCUT2D eigenvalue weighted by atomic mass is 9.82. The van der Waals surface area contributed by atoms with Crippen molar-refractivity contribution >= 4 is 22.5 Å². The van der Waals surface area contributed by atoms with Crippen molar-refractivity contribution < 1.29 is 4.79 Å². The summed E-state index contributed by atoms with van der Waals surface area (Å²) >= 11 is 0. The van der Waals surface area contributed by atoms with Gasteiger partial charge in [0.25, 0.3) is 5.91 Å². The second-order valence-electron chi connectivity index (χ2n) is 6.67. The van der Waals surface area contributed by atoms with Crippen molar-refractivity contribution in [2.24, 2.45) is 0 Å². The molecule has 3 heterocycles. The van der Waals surface area contributed by atoms with Crippen LogP contribution in [-0.4, -0.2) is 24.0 Å². The Morgan fingerprint density at radius 3 is 2.84 bits per heavy atom. The van der Waals surface area contributed by atoms with E-state index in [1.807, 2.05) is 29.2 Å². The Hall–Kier alpha value is -2.85. The van der Waals surface area contributed by atoms with Gasteiger partial charge < -0.3 is 9.88 Å². The average molecular weight is 329 g/mol. The summed E-state index contributed by atoms with van der Waals surface area (Å²) in [5.41, 5.74) is 4.48. The minimum absolute atomic E-state index is 0.0705. The highest BCUT2D eigenvalue weighted by Crippen LogP contribution is 2.47. The number of nitrogens with zero attached hydrogens (tertiary/aromatic N) is 1. The van der Waals surface area contributed by atoms with Crippen molar-refractivity contribution in [3.8, 4) is 0 Å². The molecule has 0 saturated carbocycles. The average Bonchev–Trinajstić information content (AvgIpc) is 3.14. The Kier molecular flexibility index (Phi) is 2.94. The summed E-state index contributed by atoms with van der Waals surface area (Å²) in [6.45, 7) is 5.11. The van der Waals surface area contributed by atoms with Crippen LogP contribution in [0, 0.1) is 0 Å². The van der Waals surface area contributed by atoms with Crippen molar-refractivity contribution in [1.82, 2.24) is 10.3 Å². The highest BCUT2D eigenvalue weighted by Gasteiger charge is 2.54. The topological polar surface area (TPSA) is 48.1 Å². The molecule has 0 bridgehead atoms. The van der Waals surface area contributed by atoms with Gasteiger partial charge in [0.1, 0.15) is 0 Å². The molecule has 2 aliphatic rings. The summed E-state index contributed by atoms with van der Waals surface area (Å²) in [5, 5.41) is 4.76. The Labute approximate surface area is 146 Å².